The molecule has 4 aromatic rings. The Bertz CT molecular complexity index is 1080. The molecule has 0 aliphatic heterocycles. The van der Waals surface area contributed by atoms with Crippen LogP contribution in [0.4, 0.5) is 6.01 Å². The maximum atomic E-state index is 12.5. The molecule has 2 aromatic carbocycles. The summed E-state index contributed by atoms with van der Waals surface area (Å²) in [6.45, 7) is 1.89. The number of hydrogen-bond donors (Lipinski definition) is 1. The molecular weight excluding hydrogens is 364 g/mol. The highest BCUT2D eigenvalue weighted by Crippen LogP contribution is 2.24. The number of nitrogens with zero attached hydrogens (tertiary/aromatic N) is 3. The van der Waals surface area contributed by atoms with E-state index in [1.165, 1.54) is 11.3 Å². The van der Waals surface area contributed by atoms with Gasteiger partial charge in [0.1, 0.15) is 17.2 Å². The molecule has 0 fully saturated rings. The molecule has 27 heavy (non-hydrogen) atoms. The lowest BCUT2D eigenvalue weighted by Gasteiger charge is -2.07. The average molecular weight is 378 g/mol. The van der Waals surface area contributed by atoms with Crippen molar-refractivity contribution in [1.82, 2.24) is 15.2 Å². The number of carbonyl (C=O) groups is 1. The van der Waals surface area contributed by atoms with Crippen LogP contribution >= 0.6 is 11.3 Å². The predicted octanol–water partition coefficient (Wildman–Crippen LogP) is 4.55. The number of rotatable bonds is 5. The SMILES string of the molecule is Cc1nc(-c2nnc(NC(=O)c3cccc(Oc4ccccc4)c3)o2)cs1. The van der Waals surface area contributed by atoms with Gasteiger partial charge >= 0.3 is 6.01 Å². The van der Waals surface area contributed by atoms with Crippen molar-refractivity contribution in [3.63, 3.8) is 0 Å². The van der Waals surface area contributed by atoms with Crippen LogP contribution in [0.3, 0.4) is 0 Å². The summed E-state index contributed by atoms with van der Waals surface area (Å²) in [4.78, 5) is 16.7. The molecule has 0 aliphatic carbocycles. The topological polar surface area (TPSA) is 90.1 Å². The van der Waals surface area contributed by atoms with Crippen LogP contribution in [-0.2, 0) is 0 Å². The predicted molar refractivity (Wildman–Crippen MR) is 101 cm³/mol. The first-order valence-electron chi connectivity index (χ1n) is 8.08. The Morgan fingerprint density at radius 3 is 2.67 bits per heavy atom. The van der Waals surface area contributed by atoms with Crippen molar-refractivity contribution >= 4 is 23.3 Å². The molecule has 0 aliphatic rings. The number of aryl methyl sites for hydroxylation is 1. The summed E-state index contributed by atoms with van der Waals surface area (Å²) in [5.74, 6) is 1.13. The van der Waals surface area contributed by atoms with Crippen molar-refractivity contribution in [2.75, 3.05) is 5.32 Å². The molecule has 2 heterocycles. The van der Waals surface area contributed by atoms with Crippen LogP contribution in [-0.4, -0.2) is 21.1 Å². The lowest BCUT2D eigenvalue weighted by Crippen LogP contribution is -2.12. The van der Waals surface area contributed by atoms with Gasteiger partial charge in [-0.1, -0.05) is 29.4 Å². The molecule has 0 atom stereocenters. The van der Waals surface area contributed by atoms with Gasteiger partial charge in [0, 0.05) is 10.9 Å². The quantitative estimate of drug-likeness (QED) is 0.548. The third-order valence-corrected chi connectivity index (χ3v) is 4.33. The van der Waals surface area contributed by atoms with Crippen molar-refractivity contribution in [2.24, 2.45) is 0 Å². The molecule has 7 nitrogen and oxygen atoms in total. The summed E-state index contributed by atoms with van der Waals surface area (Å²) in [6.07, 6.45) is 0. The van der Waals surface area contributed by atoms with E-state index in [0.29, 0.717) is 22.8 Å². The first-order valence-corrected chi connectivity index (χ1v) is 8.96. The number of benzene rings is 2. The van der Waals surface area contributed by atoms with Gasteiger partial charge in [-0.2, -0.15) is 0 Å². The second-order valence-corrected chi connectivity index (χ2v) is 6.62. The second kappa shape index (κ2) is 7.38. The number of nitrogens with one attached hydrogen (secondary N) is 1. The second-order valence-electron chi connectivity index (χ2n) is 5.56. The molecule has 0 saturated carbocycles. The standard InChI is InChI=1S/C19H14N4O3S/c1-12-20-16(11-27-12)18-22-23-19(26-18)21-17(24)13-6-5-9-15(10-13)25-14-7-3-2-4-8-14/h2-11H,1H3,(H,21,23,24). The van der Waals surface area contributed by atoms with E-state index in [0.717, 1.165) is 5.01 Å². The molecule has 134 valence electrons. The molecule has 4 rings (SSSR count). The first kappa shape index (κ1) is 16.9. The fraction of sp³-hybridized carbons (Fsp3) is 0.0526. The molecule has 1 amide bonds. The molecule has 0 unspecified atom stereocenters. The Kier molecular flexibility index (Phi) is 4.63. The van der Waals surface area contributed by atoms with E-state index in [2.05, 4.69) is 20.5 Å². The Labute approximate surface area is 158 Å². The van der Waals surface area contributed by atoms with E-state index >= 15 is 0 Å². The number of para-hydroxylation sites is 1. The van der Waals surface area contributed by atoms with Crippen molar-refractivity contribution in [3.05, 3.63) is 70.5 Å². The van der Waals surface area contributed by atoms with Crippen LogP contribution in [0, 0.1) is 6.92 Å². The number of anilines is 1. The summed E-state index contributed by atoms with van der Waals surface area (Å²) in [7, 11) is 0. The highest BCUT2D eigenvalue weighted by molar-refractivity contribution is 7.09. The van der Waals surface area contributed by atoms with Gasteiger partial charge in [0.15, 0.2) is 0 Å². The van der Waals surface area contributed by atoms with Gasteiger partial charge < -0.3 is 9.15 Å². The van der Waals surface area contributed by atoms with Crippen LogP contribution in [0.15, 0.2) is 64.4 Å². The Hall–Kier alpha value is -3.52. The van der Waals surface area contributed by atoms with Gasteiger partial charge in [0.25, 0.3) is 11.8 Å². The zero-order valence-corrected chi connectivity index (χ0v) is 15.1. The monoisotopic (exact) mass is 378 g/mol. The zero-order chi connectivity index (χ0) is 18.6. The summed E-state index contributed by atoms with van der Waals surface area (Å²) < 4.78 is 11.2. The van der Waals surface area contributed by atoms with E-state index in [9.17, 15) is 4.79 Å². The minimum absolute atomic E-state index is 0.00929. The fourth-order valence-electron chi connectivity index (χ4n) is 2.33. The Morgan fingerprint density at radius 1 is 1.07 bits per heavy atom. The molecule has 0 bridgehead atoms. The molecule has 0 radical (unpaired) electrons. The van der Waals surface area contributed by atoms with Crippen molar-refractivity contribution in [3.8, 4) is 23.1 Å². The summed E-state index contributed by atoms with van der Waals surface area (Å²) in [5, 5.41) is 13.0. The maximum Gasteiger partial charge on any atom is 0.322 e. The Balaban J connectivity index is 1.47. The van der Waals surface area contributed by atoms with Crippen LogP contribution in [0.1, 0.15) is 15.4 Å². The van der Waals surface area contributed by atoms with E-state index in [1.807, 2.05) is 42.6 Å². The normalized spacial score (nSPS) is 10.6. The third-order valence-electron chi connectivity index (χ3n) is 3.56. The smallest absolute Gasteiger partial charge is 0.322 e. The van der Waals surface area contributed by atoms with Gasteiger partial charge in [-0.25, -0.2) is 4.98 Å². The molecule has 1 N–H and O–H groups in total. The van der Waals surface area contributed by atoms with Gasteiger partial charge in [-0.15, -0.1) is 16.4 Å². The molecular formula is C19H14N4O3S. The first-order chi connectivity index (χ1) is 13.2. The summed E-state index contributed by atoms with van der Waals surface area (Å²) >= 11 is 1.48. The van der Waals surface area contributed by atoms with E-state index < -0.39 is 0 Å². The molecule has 0 saturated heterocycles. The summed E-state index contributed by atoms with van der Waals surface area (Å²) in [6, 6.07) is 16.2. The highest BCUT2D eigenvalue weighted by atomic mass is 32.1. The number of aromatic nitrogens is 3. The van der Waals surface area contributed by atoms with Crippen LogP contribution in [0.2, 0.25) is 0 Å². The number of amides is 1. The third kappa shape index (κ3) is 4.01. The van der Waals surface area contributed by atoms with E-state index in [4.69, 9.17) is 9.15 Å². The fourth-order valence-corrected chi connectivity index (χ4v) is 2.92. The summed E-state index contributed by atoms with van der Waals surface area (Å²) in [5.41, 5.74) is 0.997. The highest BCUT2D eigenvalue weighted by Gasteiger charge is 2.15. The minimum Gasteiger partial charge on any atom is -0.457 e. The lowest BCUT2D eigenvalue weighted by atomic mass is 10.2. The maximum absolute atomic E-state index is 12.5. The minimum atomic E-state index is -0.377. The average Bonchev–Trinajstić information content (AvgIpc) is 3.32. The number of thiazole rings is 1. The van der Waals surface area contributed by atoms with Crippen molar-refractivity contribution in [2.45, 2.75) is 6.92 Å². The van der Waals surface area contributed by atoms with Gasteiger partial charge in [-0.05, 0) is 37.3 Å². The largest absolute Gasteiger partial charge is 0.457 e. The van der Waals surface area contributed by atoms with Crippen LogP contribution in [0.5, 0.6) is 11.5 Å². The zero-order valence-electron chi connectivity index (χ0n) is 14.2. The van der Waals surface area contributed by atoms with Crippen molar-refractivity contribution < 1.29 is 13.9 Å². The number of carbonyl (C=O) groups excluding carboxylic acids is 1. The Morgan fingerprint density at radius 2 is 1.89 bits per heavy atom. The molecule has 8 heteroatoms. The number of ether oxygens (including phenoxy) is 1. The van der Waals surface area contributed by atoms with Crippen LogP contribution in [0.25, 0.3) is 11.6 Å². The molecule has 2 aromatic heterocycles. The van der Waals surface area contributed by atoms with Gasteiger partial charge in [-0.3, -0.25) is 10.1 Å². The molecule has 0 spiro atoms. The van der Waals surface area contributed by atoms with Crippen molar-refractivity contribution in [1.29, 1.82) is 0 Å². The van der Waals surface area contributed by atoms with E-state index in [-0.39, 0.29) is 17.8 Å². The number of hydrogen-bond acceptors (Lipinski definition) is 7. The van der Waals surface area contributed by atoms with Crippen LogP contribution < -0.4 is 10.1 Å². The van der Waals surface area contributed by atoms with Gasteiger partial charge in [0.2, 0.25) is 0 Å². The van der Waals surface area contributed by atoms with E-state index in [1.54, 1.807) is 24.3 Å². The van der Waals surface area contributed by atoms with Gasteiger partial charge in [0.05, 0.1) is 5.01 Å². The lowest BCUT2D eigenvalue weighted by molar-refractivity contribution is 0.102.